The SMILES string of the molecule is CN1CCN(C)C(CNC(=O)c2nc(Cl)ccc2Cl)C1. The summed E-state index contributed by atoms with van der Waals surface area (Å²) in [4.78, 5) is 20.6. The van der Waals surface area contributed by atoms with Gasteiger partial charge < -0.3 is 10.2 Å². The number of rotatable bonds is 3. The van der Waals surface area contributed by atoms with Gasteiger partial charge in [0.1, 0.15) is 10.8 Å². The van der Waals surface area contributed by atoms with Crippen molar-refractivity contribution < 1.29 is 4.79 Å². The molecule has 2 heterocycles. The van der Waals surface area contributed by atoms with E-state index < -0.39 is 0 Å². The number of nitrogens with one attached hydrogen (secondary N) is 1. The lowest BCUT2D eigenvalue weighted by Gasteiger charge is -2.37. The highest BCUT2D eigenvalue weighted by atomic mass is 35.5. The summed E-state index contributed by atoms with van der Waals surface area (Å²) in [6.45, 7) is 3.52. The zero-order valence-corrected chi connectivity index (χ0v) is 13.1. The molecule has 1 unspecified atom stereocenters. The third kappa shape index (κ3) is 3.82. The number of aromatic nitrogens is 1. The Labute approximate surface area is 128 Å². The molecule has 2 rings (SSSR count). The van der Waals surface area contributed by atoms with Gasteiger partial charge in [0.15, 0.2) is 0 Å². The summed E-state index contributed by atoms with van der Waals surface area (Å²) >= 11 is 11.8. The Balaban J connectivity index is 1.96. The summed E-state index contributed by atoms with van der Waals surface area (Å²) in [5.41, 5.74) is 0.172. The van der Waals surface area contributed by atoms with E-state index in [1.54, 1.807) is 12.1 Å². The maximum Gasteiger partial charge on any atom is 0.271 e. The molecule has 1 aliphatic rings. The lowest BCUT2D eigenvalue weighted by molar-refractivity contribution is 0.0877. The van der Waals surface area contributed by atoms with Gasteiger partial charge in [-0.1, -0.05) is 23.2 Å². The van der Waals surface area contributed by atoms with Crippen LogP contribution in [0.25, 0.3) is 0 Å². The van der Waals surface area contributed by atoms with E-state index in [1.807, 2.05) is 0 Å². The van der Waals surface area contributed by atoms with E-state index in [0.717, 1.165) is 19.6 Å². The Morgan fingerprint density at radius 1 is 1.40 bits per heavy atom. The number of carbonyl (C=O) groups is 1. The fraction of sp³-hybridized carbons (Fsp3) is 0.538. The monoisotopic (exact) mass is 316 g/mol. The Morgan fingerprint density at radius 2 is 2.15 bits per heavy atom. The summed E-state index contributed by atoms with van der Waals surface area (Å²) in [7, 11) is 4.14. The number of pyridine rings is 1. The third-order valence-corrected chi connectivity index (χ3v) is 4.02. The van der Waals surface area contributed by atoms with Gasteiger partial charge in [0.2, 0.25) is 0 Å². The van der Waals surface area contributed by atoms with E-state index in [9.17, 15) is 4.79 Å². The minimum absolute atomic E-state index is 0.172. The van der Waals surface area contributed by atoms with Crippen molar-refractivity contribution in [2.75, 3.05) is 40.3 Å². The number of likely N-dealkylation sites (N-methyl/N-ethyl adjacent to an activating group) is 2. The fourth-order valence-electron chi connectivity index (χ4n) is 2.19. The molecule has 1 atom stereocenters. The van der Waals surface area contributed by atoms with Crippen molar-refractivity contribution in [2.45, 2.75) is 6.04 Å². The zero-order chi connectivity index (χ0) is 14.7. The van der Waals surface area contributed by atoms with E-state index in [4.69, 9.17) is 23.2 Å². The molecule has 20 heavy (non-hydrogen) atoms. The highest BCUT2D eigenvalue weighted by Crippen LogP contribution is 2.16. The first-order valence-corrected chi connectivity index (χ1v) is 7.22. The van der Waals surface area contributed by atoms with Crippen molar-refractivity contribution in [1.29, 1.82) is 0 Å². The predicted octanol–water partition coefficient (Wildman–Crippen LogP) is 1.36. The smallest absolute Gasteiger partial charge is 0.271 e. The minimum atomic E-state index is -0.292. The quantitative estimate of drug-likeness (QED) is 0.856. The molecule has 1 amide bonds. The molecule has 1 N–H and O–H groups in total. The molecule has 0 aliphatic carbocycles. The van der Waals surface area contributed by atoms with E-state index in [2.05, 4.69) is 34.2 Å². The lowest BCUT2D eigenvalue weighted by Crippen LogP contribution is -2.54. The Morgan fingerprint density at radius 3 is 2.90 bits per heavy atom. The van der Waals surface area contributed by atoms with Crippen molar-refractivity contribution in [1.82, 2.24) is 20.1 Å². The standard InChI is InChI=1S/C13H18Cl2N4O/c1-18-5-6-19(2)9(8-18)7-16-13(20)12-10(14)3-4-11(15)17-12/h3-4,9H,5-8H2,1-2H3,(H,16,20). The molecule has 7 heteroatoms. The van der Waals surface area contributed by atoms with Gasteiger partial charge in [-0.25, -0.2) is 4.98 Å². The molecule has 0 spiro atoms. The second-order valence-corrected chi connectivity index (χ2v) is 5.87. The Hall–Kier alpha value is -0.880. The van der Waals surface area contributed by atoms with Crippen LogP contribution >= 0.6 is 23.2 Å². The molecule has 0 aromatic carbocycles. The van der Waals surface area contributed by atoms with E-state index in [0.29, 0.717) is 11.6 Å². The van der Waals surface area contributed by atoms with Crippen LogP contribution in [0.1, 0.15) is 10.5 Å². The van der Waals surface area contributed by atoms with Crippen molar-refractivity contribution in [3.05, 3.63) is 28.0 Å². The molecule has 1 aromatic heterocycles. The van der Waals surface area contributed by atoms with Gasteiger partial charge in [0.25, 0.3) is 5.91 Å². The summed E-state index contributed by atoms with van der Waals surface area (Å²) in [5.74, 6) is -0.292. The van der Waals surface area contributed by atoms with Crippen molar-refractivity contribution in [2.24, 2.45) is 0 Å². The van der Waals surface area contributed by atoms with Gasteiger partial charge in [-0.2, -0.15) is 0 Å². The molecule has 110 valence electrons. The number of piperazine rings is 1. The predicted molar refractivity (Wildman–Crippen MR) is 80.5 cm³/mol. The molecule has 1 aromatic rings. The van der Waals surface area contributed by atoms with Crippen LogP contribution in [-0.4, -0.2) is 67.0 Å². The third-order valence-electron chi connectivity index (χ3n) is 3.51. The van der Waals surface area contributed by atoms with Gasteiger partial charge >= 0.3 is 0 Å². The summed E-state index contributed by atoms with van der Waals surface area (Å²) < 4.78 is 0. The van der Waals surface area contributed by atoms with Crippen molar-refractivity contribution in [3.8, 4) is 0 Å². The second-order valence-electron chi connectivity index (χ2n) is 5.07. The largest absolute Gasteiger partial charge is 0.349 e. The molecular formula is C13H18Cl2N4O. The molecule has 5 nitrogen and oxygen atoms in total. The topological polar surface area (TPSA) is 48.5 Å². The molecule has 1 saturated heterocycles. The number of amides is 1. The van der Waals surface area contributed by atoms with Crippen LogP contribution in [0.5, 0.6) is 0 Å². The van der Waals surface area contributed by atoms with Gasteiger partial charge in [0, 0.05) is 32.2 Å². The normalized spacial score (nSPS) is 20.9. The van der Waals surface area contributed by atoms with E-state index >= 15 is 0 Å². The van der Waals surface area contributed by atoms with E-state index in [1.165, 1.54) is 0 Å². The minimum Gasteiger partial charge on any atom is -0.349 e. The number of nitrogens with zero attached hydrogens (tertiary/aromatic N) is 3. The van der Waals surface area contributed by atoms with Crippen LogP contribution in [0.3, 0.4) is 0 Å². The van der Waals surface area contributed by atoms with Gasteiger partial charge in [-0.05, 0) is 26.2 Å². The summed E-state index contributed by atoms with van der Waals surface area (Å²) in [6.07, 6.45) is 0. The van der Waals surface area contributed by atoms with Crippen LogP contribution in [0, 0.1) is 0 Å². The molecule has 0 saturated carbocycles. The first-order chi connectivity index (χ1) is 9.47. The van der Waals surface area contributed by atoms with Crippen LogP contribution in [-0.2, 0) is 0 Å². The van der Waals surface area contributed by atoms with Crippen LogP contribution in [0.2, 0.25) is 10.2 Å². The fourth-order valence-corrected chi connectivity index (χ4v) is 2.53. The van der Waals surface area contributed by atoms with Crippen LogP contribution in [0.15, 0.2) is 12.1 Å². The molecule has 0 bridgehead atoms. The average molecular weight is 317 g/mol. The molecular weight excluding hydrogens is 299 g/mol. The van der Waals surface area contributed by atoms with Gasteiger partial charge in [-0.3, -0.25) is 9.69 Å². The maximum atomic E-state index is 12.1. The molecule has 0 radical (unpaired) electrons. The van der Waals surface area contributed by atoms with Crippen molar-refractivity contribution in [3.63, 3.8) is 0 Å². The van der Waals surface area contributed by atoms with Crippen molar-refractivity contribution >= 4 is 29.1 Å². The number of carbonyl (C=O) groups excluding carboxylic acids is 1. The number of hydrogen-bond donors (Lipinski definition) is 1. The summed E-state index contributed by atoms with van der Waals surface area (Å²) in [6, 6.07) is 3.42. The molecule has 1 fully saturated rings. The number of hydrogen-bond acceptors (Lipinski definition) is 4. The highest BCUT2D eigenvalue weighted by Gasteiger charge is 2.23. The average Bonchev–Trinajstić information content (AvgIpc) is 2.42. The lowest BCUT2D eigenvalue weighted by atomic mass is 10.2. The maximum absolute atomic E-state index is 12.1. The van der Waals surface area contributed by atoms with Crippen LogP contribution in [0.4, 0.5) is 0 Å². The first-order valence-electron chi connectivity index (χ1n) is 6.46. The summed E-state index contributed by atoms with van der Waals surface area (Å²) in [5, 5.41) is 3.44. The van der Waals surface area contributed by atoms with Gasteiger partial charge in [-0.15, -0.1) is 0 Å². The number of halogens is 2. The Kier molecular flexibility index (Phi) is 5.21. The molecule has 1 aliphatic heterocycles. The second kappa shape index (κ2) is 6.72. The van der Waals surface area contributed by atoms with E-state index in [-0.39, 0.29) is 22.8 Å². The first kappa shape index (κ1) is 15.5. The van der Waals surface area contributed by atoms with Crippen LogP contribution < -0.4 is 5.32 Å². The van der Waals surface area contributed by atoms with Gasteiger partial charge in [0.05, 0.1) is 5.02 Å². The Bertz CT molecular complexity index is 497. The highest BCUT2D eigenvalue weighted by molar-refractivity contribution is 6.34. The zero-order valence-electron chi connectivity index (χ0n) is 11.6.